The van der Waals surface area contributed by atoms with Crippen molar-refractivity contribution in [1.29, 1.82) is 0 Å². The highest BCUT2D eigenvalue weighted by Gasteiger charge is 2.35. The minimum absolute atomic E-state index is 0.150. The van der Waals surface area contributed by atoms with Gasteiger partial charge in [-0.25, -0.2) is 5.01 Å². The molecule has 6 heteroatoms. The van der Waals surface area contributed by atoms with Crippen molar-refractivity contribution in [2.24, 2.45) is 11.0 Å². The first-order chi connectivity index (χ1) is 15.6. The number of rotatable bonds is 4. The molecule has 2 atom stereocenters. The Morgan fingerprint density at radius 1 is 1.16 bits per heavy atom. The summed E-state index contributed by atoms with van der Waals surface area (Å²) in [6.07, 6.45) is 11.4. The lowest BCUT2D eigenvalue weighted by molar-refractivity contribution is 0.0704. The molecule has 1 aromatic carbocycles. The quantitative estimate of drug-likeness (QED) is 0.612. The summed E-state index contributed by atoms with van der Waals surface area (Å²) in [5.74, 6) is 0.438. The van der Waals surface area contributed by atoms with Gasteiger partial charge in [0.2, 0.25) is 0 Å². The number of phenolic OH excluding ortho intramolecular Hbond substituents is 1. The minimum Gasteiger partial charge on any atom is -0.508 e. The second-order valence-electron chi connectivity index (χ2n) is 8.23. The van der Waals surface area contributed by atoms with Crippen molar-refractivity contribution in [3.63, 3.8) is 0 Å². The molecule has 3 heterocycles. The van der Waals surface area contributed by atoms with E-state index in [0.717, 1.165) is 29.0 Å². The molecule has 0 bridgehead atoms. The fourth-order valence-electron chi connectivity index (χ4n) is 4.16. The molecule has 2 unspecified atom stereocenters. The van der Waals surface area contributed by atoms with E-state index in [1.54, 1.807) is 30.6 Å². The molecular weight excluding hydrogens is 400 g/mol. The highest BCUT2D eigenvalue weighted by atomic mass is 16.3. The van der Waals surface area contributed by atoms with E-state index in [0.29, 0.717) is 23.6 Å². The molecule has 160 valence electrons. The van der Waals surface area contributed by atoms with E-state index < -0.39 is 6.04 Å². The zero-order valence-corrected chi connectivity index (χ0v) is 17.8. The van der Waals surface area contributed by atoms with E-state index >= 15 is 0 Å². The molecule has 0 saturated carbocycles. The lowest BCUT2D eigenvalue weighted by Gasteiger charge is -2.22. The molecule has 32 heavy (non-hydrogen) atoms. The number of aromatic amines is 1. The maximum absolute atomic E-state index is 13.5. The van der Waals surface area contributed by atoms with Gasteiger partial charge in [0.15, 0.2) is 0 Å². The van der Waals surface area contributed by atoms with Crippen LogP contribution in [0.25, 0.3) is 5.57 Å². The van der Waals surface area contributed by atoms with E-state index in [9.17, 15) is 9.90 Å². The maximum atomic E-state index is 13.5. The number of amides is 1. The van der Waals surface area contributed by atoms with Crippen LogP contribution in [0, 0.1) is 5.92 Å². The lowest BCUT2D eigenvalue weighted by Crippen LogP contribution is -2.27. The smallest absolute Gasteiger partial charge is 0.290 e. The number of benzene rings is 1. The van der Waals surface area contributed by atoms with Crippen molar-refractivity contribution in [3.05, 3.63) is 102 Å². The van der Waals surface area contributed by atoms with Gasteiger partial charge in [-0.3, -0.25) is 9.78 Å². The van der Waals surface area contributed by atoms with Crippen LogP contribution in [0.2, 0.25) is 0 Å². The van der Waals surface area contributed by atoms with Crippen molar-refractivity contribution in [1.82, 2.24) is 15.0 Å². The van der Waals surface area contributed by atoms with Crippen LogP contribution in [0.15, 0.2) is 84.3 Å². The summed E-state index contributed by atoms with van der Waals surface area (Å²) in [5, 5.41) is 16.6. The van der Waals surface area contributed by atoms with Gasteiger partial charge in [-0.1, -0.05) is 49.4 Å². The molecule has 2 N–H and O–H groups in total. The van der Waals surface area contributed by atoms with Crippen molar-refractivity contribution in [2.75, 3.05) is 0 Å². The summed E-state index contributed by atoms with van der Waals surface area (Å²) in [6.45, 7) is 2.18. The number of hydrazone groups is 1. The summed E-state index contributed by atoms with van der Waals surface area (Å²) in [4.78, 5) is 21.0. The molecule has 0 radical (unpaired) electrons. The Morgan fingerprint density at radius 2 is 2.03 bits per heavy atom. The number of carbonyl (C=O) groups is 1. The van der Waals surface area contributed by atoms with Gasteiger partial charge in [0.05, 0.1) is 11.8 Å². The molecule has 3 aromatic rings. The number of hydrogen-bond donors (Lipinski definition) is 2. The topological polar surface area (TPSA) is 81.6 Å². The first-order valence-electron chi connectivity index (χ1n) is 10.8. The molecule has 6 nitrogen and oxygen atoms in total. The lowest BCUT2D eigenvalue weighted by atomic mass is 9.97. The van der Waals surface area contributed by atoms with Crippen LogP contribution in [0.5, 0.6) is 5.75 Å². The molecule has 1 aliphatic heterocycles. The molecule has 2 aliphatic rings. The van der Waals surface area contributed by atoms with Gasteiger partial charge in [0.25, 0.3) is 5.91 Å². The van der Waals surface area contributed by atoms with Gasteiger partial charge in [0, 0.05) is 35.6 Å². The summed E-state index contributed by atoms with van der Waals surface area (Å²) in [7, 11) is 0. The number of nitrogens with one attached hydrogen (secondary N) is 1. The zero-order valence-electron chi connectivity index (χ0n) is 17.8. The fraction of sp³-hybridized carbons (Fsp3) is 0.192. The molecule has 2 aromatic heterocycles. The van der Waals surface area contributed by atoms with E-state index in [1.165, 1.54) is 5.01 Å². The van der Waals surface area contributed by atoms with Crippen molar-refractivity contribution in [3.8, 4) is 5.75 Å². The summed E-state index contributed by atoms with van der Waals surface area (Å²) in [6, 6.07) is 14.2. The molecule has 1 amide bonds. The predicted molar refractivity (Wildman–Crippen MR) is 124 cm³/mol. The van der Waals surface area contributed by atoms with Crippen LogP contribution in [0.3, 0.4) is 0 Å². The molecule has 0 saturated heterocycles. The first-order valence-corrected chi connectivity index (χ1v) is 10.8. The zero-order chi connectivity index (χ0) is 22.1. The Morgan fingerprint density at radius 3 is 2.78 bits per heavy atom. The number of nitrogens with zero attached hydrogens (tertiary/aromatic N) is 3. The molecule has 0 spiro atoms. The molecule has 5 rings (SSSR count). The highest BCUT2D eigenvalue weighted by Crippen LogP contribution is 2.37. The van der Waals surface area contributed by atoms with E-state index in [2.05, 4.69) is 40.2 Å². The predicted octanol–water partition coefficient (Wildman–Crippen LogP) is 5.09. The fourth-order valence-corrected chi connectivity index (χ4v) is 4.16. The average molecular weight is 425 g/mol. The van der Waals surface area contributed by atoms with Gasteiger partial charge in [-0.05, 0) is 42.2 Å². The normalized spacial score (nSPS) is 20.2. The monoisotopic (exact) mass is 424 g/mol. The number of pyridine rings is 1. The van der Waals surface area contributed by atoms with Crippen LogP contribution in [0.1, 0.15) is 53.1 Å². The van der Waals surface area contributed by atoms with Crippen molar-refractivity contribution >= 4 is 17.2 Å². The average Bonchev–Trinajstić information content (AvgIpc) is 3.48. The highest BCUT2D eigenvalue weighted by molar-refractivity contribution is 6.04. The van der Waals surface area contributed by atoms with E-state index in [1.807, 2.05) is 30.3 Å². The van der Waals surface area contributed by atoms with Gasteiger partial charge in [-0.15, -0.1) is 0 Å². The standard InChI is InChI=1S/C26H24N4O2/c1-17-8-10-18(11-9-17)21-12-13-22(28-21)26(32)30-24(20-6-2-3-7-25(20)31)15-23(29-30)19-5-4-14-27-16-19/h2-8,10-14,16-17,24,28,31H,9,15H2,1H3. The van der Waals surface area contributed by atoms with Crippen LogP contribution in [0.4, 0.5) is 0 Å². The van der Waals surface area contributed by atoms with Gasteiger partial charge in [-0.2, -0.15) is 5.10 Å². The molecule has 1 aliphatic carbocycles. The van der Waals surface area contributed by atoms with Crippen molar-refractivity contribution in [2.45, 2.75) is 25.8 Å². The third-order valence-electron chi connectivity index (χ3n) is 5.95. The minimum atomic E-state index is -0.403. The van der Waals surface area contributed by atoms with Crippen LogP contribution in [-0.4, -0.2) is 31.7 Å². The molecule has 0 fully saturated rings. The molecular formula is C26H24N4O2. The Kier molecular flexibility index (Phi) is 5.19. The summed E-state index contributed by atoms with van der Waals surface area (Å²) >= 11 is 0. The first kappa shape index (κ1) is 20.0. The Hall–Kier alpha value is -3.93. The Balaban J connectivity index is 1.48. The van der Waals surface area contributed by atoms with Gasteiger partial charge < -0.3 is 10.1 Å². The summed E-state index contributed by atoms with van der Waals surface area (Å²) < 4.78 is 0. The van der Waals surface area contributed by atoms with Gasteiger partial charge in [0.1, 0.15) is 11.4 Å². The van der Waals surface area contributed by atoms with Gasteiger partial charge >= 0.3 is 0 Å². The third-order valence-corrected chi connectivity index (χ3v) is 5.95. The summed E-state index contributed by atoms with van der Waals surface area (Å²) in [5.41, 5.74) is 4.75. The number of aromatic hydroxyl groups is 1. The maximum Gasteiger partial charge on any atom is 0.290 e. The second kappa shape index (κ2) is 8.30. The Bertz CT molecular complexity index is 1240. The van der Waals surface area contributed by atoms with E-state index in [-0.39, 0.29) is 11.7 Å². The van der Waals surface area contributed by atoms with Crippen LogP contribution < -0.4 is 0 Å². The second-order valence-corrected chi connectivity index (χ2v) is 8.23. The van der Waals surface area contributed by atoms with E-state index in [4.69, 9.17) is 0 Å². The number of H-pyrrole nitrogens is 1. The van der Waals surface area contributed by atoms with Crippen LogP contribution >= 0.6 is 0 Å². The number of phenols is 1. The third kappa shape index (κ3) is 3.75. The van der Waals surface area contributed by atoms with Crippen LogP contribution in [-0.2, 0) is 0 Å². The number of para-hydroxylation sites is 1. The van der Waals surface area contributed by atoms with Crippen molar-refractivity contribution < 1.29 is 9.90 Å². The number of aromatic nitrogens is 2. The number of hydrogen-bond acceptors (Lipinski definition) is 4. The largest absolute Gasteiger partial charge is 0.508 e. The number of allylic oxidation sites excluding steroid dienone is 4. The Labute approximate surface area is 186 Å². The SMILES string of the molecule is CC1C=CC(c2ccc(C(=O)N3N=C(c4cccnc4)CC3c3ccccc3O)[nH]2)=CC1. The number of carbonyl (C=O) groups excluding carboxylic acids is 1.